The van der Waals surface area contributed by atoms with E-state index in [-0.39, 0.29) is 0 Å². The summed E-state index contributed by atoms with van der Waals surface area (Å²) in [7, 11) is 1.60. The maximum absolute atomic E-state index is 8.70. The summed E-state index contributed by atoms with van der Waals surface area (Å²) in [5, 5.41) is 12.7. The Labute approximate surface area is 92.7 Å². The number of nitrogens with zero attached hydrogens (tertiary/aromatic N) is 3. The summed E-state index contributed by atoms with van der Waals surface area (Å²) in [5.41, 5.74) is 6.83. The lowest BCUT2D eigenvalue weighted by molar-refractivity contribution is 0.414. The van der Waals surface area contributed by atoms with Gasteiger partial charge >= 0.3 is 0 Å². The fourth-order valence-corrected chi connectivity index (χ4v) is 1.38. The normalized spacial score (nSPS) is 9.75. The third-order valence-corrected chi connectivity index (χ3v) is 2.17. The molecule has 5 heteroatoms. The molecule has 2 N–H and O–H groups in total. The first-order valence-electron chi connectivity index (χ1n) is 4.64. The average Bonchev–Trinajstić information content (AvgIpc) is 2.71. The average molecular weight is 214 g/mol. The van der Waals surface area contributed by atoms with Crippen molar-refractivity contribution in [1.29, 1.82) is 5.26 Å². The highest BCUT2D eigenvalue weighted by molar-refractivity contribution is 5.46. The molecule has 5 nitrogen and oxygen atoms in total. The van der Waals surface area contributed by atoms with E-state index in [2.05, 4.69) is 5.10 Å². The molecule has 0 saturated carbocycles. The third-order valence-electron chi connectivity index (χ3n) is 2.17. The van der Waals surface area contributed by atoms with Crippen molar-refractivity contribution in [2.75, 3.05) is 12.8 Å². The molecule has 1 aromatic heterocycles. The number of aromatic nitrogens is 2. The molecule has 0 saturated heterocycles. The van der Waals surface area contributed by atoms with Crippen molar-refractivity contribution in [3.05, 3.63) is 36.0 Å². The van der Waals surface area contributed by atoms with Crippen LogP contribution in [0.5, 0.6) is 5.75 Å². The van der Waals surface area contributed by atoms with Crippen LogP contribution in [0, 0.1) is 11.3 Å². The van der Waals surface area contributed by atoms with Crippen LogP contribution < -0.4 is 10.5 Å². The van der Waals surface area contributed by atoms with E-state index in [0.29, 0.717) is 11.5 Å². The van der Waals surface area contributed by atoms with Gasteiger partial charge in [0.1, 0.15) is 17.6 Å². The fraction of sp³-hybridized carbons (Fsp3) is 0.0909. The number of benzene rings is 1. The van der Waals surface area contributed by atoms with Gasteiger partial charge in [0.05, 0.1) is 12.8 Å². The molecule has 0 aliphatic rings. The molecule has 1 aromatic carbocycles. The molecule has 0 atom stereocenters. The molecule has 0 amide bonds. The molecule has 2 aromatic rings. The Hall–Kier alpha value is -2.48. The van der Waals surface area contributed by atoms with Crippen molar-refractivity contribution < 1.29 is 4.74 Å². The highest BCUT2D eigenvalue weighted by Gasteiger charge is 2.06. The molecule has 2 rings (SSSR count). The minimum absolute atomic E-state index is 0.299. The first-order valence-corrected chi connectivity index (χ1v) is 4.64. The number of hydrogen-bond donors (Lipinski definition) is 1. The molecule has 0 aliphatic carbocycles. The van der Waals surface area contributed by atoms with E-state index in [9.17, 15) is 0 Å². The van der Waals surface area contributed by atoms with Crippen LogP contribution in [0.1, 0.15) is 5.69 Å². The Morgan fingerprint density at radius 2 is 2.06 bits per heavy atom. The minimum atomic E-state index is 0.299. The standard InChI is InChI=1S/C11H10N4O/c1-16-10-4-2-9(3-5-10)15-11(13)6-8(7-12)14-15/h2-6H,13H2,1H3. The van der Waals surface area contributed by atoms with E-state index in [4.69, 9.17) is 15.7 Å². The molecule has 16 heavy (non-hydrogen) atoms. The molecule has 0 fully saturated rings. The first kappa shape index (κ1) is 10.1. The second kappa shape index (κ2) is 3.95. The smallest absolute Gasteiger partial charge is 0.165 e. The molecular formula is C11H10N4O. The molecular weight excluding hydrogens is 204 g/mol. The molecule has 80 valence electrons. The lowest BCUT2D eigenvalue weighted by atomic mass is 10.3. The topological polar surface area (TPSA) is 76.9 Å². The molecule has 0 unspecified atom stereocenters. The number of nitrogens with two attached hydrogens (primary N) is 1. The van der Waals surface area contributed by atoms with Crippen LogP contribution in [0.4, 0.5) is 5.82 Å². The van der Waals surface area contributed by atoms with Crippen LogP contribution in [0.15, 0.2) is 30.3 Å². The number of anilines is 1. The van der Waals surface area contributed by atoms with Crippen molar-refractivity contribution >= 4 is 5.82 Å². The van der Waals surface area contributed by atoms with Crippen LogP contribution in [-0.4, -0.2) is 16.9 Å². The Morgan fingerprint density at radius 3 is 2.56 bits per heavy atom. The summed E-state index contributed by atoms with van der Waals surface area (Å²) < 4.78 is 6.56. The van der Waals surface area contributed by atoms with Crippen molar-refractivity contribution in [3.63, 3.8) is 0 Å². The van der Waals surface area contributed by atoms with E-state index in [1.54, 1.807) is 7.11 Å². The number of rotatable bonds is 2. The van der Waals surface area contributed by atoms with E-state index < -0.39 is 0 Å². The number of nitriles is 1. The Kier molecular flexibility index (Phi) is 2.48. The number of nitrogen functional groups attached to an aromatic ring is 1. The molecule has 0 spiro atoms. The van der Waals surface area contributed by atoms with Crippen LogP contribution in [0.2, 0.25) is 0 Å². The van der Waals surface area contributed by atoms with E-state index in [1.165, 1.54) is 10.7 Å². The van der Waals surface area contributed by atoms with Gasteiger partial charge in [-0.1, -0.05) is 0 Å². The van der Waals surface area contributed by atoms with Crippen molar-refractivity contribution in [1.82, 2.24) is 9.78 Å². The van der Waals surface area contributed by atoms with E-state index in [1.807, 2.05) is 30.3 Å². The Morgan fingerprint density at radius 1 is 1.38 bits per heavy atom. The quantitative estimate of drug-likeness (QED) is 0.818. The van der Waals surface area contributed by atoms with E-state index >= 15 is 0 Å². The summed E-state index contributed by atoms with van der Waals surface area (Å²) >= 11 is 0. The van der Waals surface area contributed by atoms with Gasteiger partial charge in [-0.25, -0.2) is 4.68 Å². The van der Waals surface area contributed by atoms with Gasteiger partial charge in [0.15, 0.2) is 5.69 Å². The third kappa shape index (κ3) is 1.68. The first-order chi connectivity index (χ1) is 7.74. The summed E-state index contributed by atoms with van der Waals surface area (Å²) in [6.45, 7) is 0. The van der Waals surface area contributed by atoms with Gasteiger partial charge < -0.3 is 10.5 Å². The molecule has 0 aliphatic heterocycles. The zero-order valence-corrected chi connectivity index (χ0v) is 8.71. The highest BCUT2D eigenvalue weighted by atomic mass is 16.5. The van der Waals surface area contributed by atoms with Gasteiger partial charge in [-0.3, -0.25) is 0 Å². The molecule has 1 heterocycles. The van der Waals surface area contributed by atoms with Crippen LogP contribution in [0.3, 0.4) is 0 Å². The van der Waals surface area contributed by atoms with Crippen molar-refractivity contribution in [2.24, 2.45) is 0 Å². The van der Waals surface area contributed by atoms with Gasteiger partial charge in [0.2, 0.25) is 0 Å². The highest BCUT2D eigenvalue weighted by Crippen LogP contribution is 2.17. The zero-order chi connectivity index (χ0) is 11.5. The Balaban J connectivity index is 2.42. The molecule has 0 bridgehead atoms. The maximum Gasteiger partial charge on any atom is 0.165 e. The predicted molar refractivity (Wildman–Crippen MR) is 59.2 cm³/mol. The summed E-state index contributed by atoms with van der Waals surface area (Å²) in [6.07, 6.45) is 0. The second-order valence-corrected chi connectivity index (χ2v) is 3.18. The van der Waals surface area contributed by atoms with Crippen LogP contribution >= 0.6 is 0 Å². The summed E-state index contributed by atoms with van der Waals surface area (Å²) in [5.74, 6) is 1.19. The van der Waals surface area contributed by atoms with Crippen LogP contribution in [-0.2, 0) is 0 Å². The van der Waals surface area contributed by atoms with Gasteiger partial charge in [-0.15, -0.1) is 0 Å². The number of ether oxygens (including phenoxy) is 1. The van der Waals surface area contributed by atoms with Crippen LogP contribution in [0.25, 0.3) is 5.69 Å². The predicted octanol–water partition coefficient (Wildman–Crippen LogP) is 1.33. The Bertz CT molecular complexity index is 536. The lowest BCUT2D eigenvalue weighted by Gasteiger charge is -2.04. The van der Waals surface area contributed by atoms with Gasteiger partial charge in [0, 0.05) is 6.07 Å². The zero-order valence-electron chi connectivity index (χ0n) is 8.71. The largest absolute Gasteiger partial charge is 0.497 e. The fourth-order valence-electron chi connectivity index (χ4n) is 1.38. The van der Waals surface area contributed by atoms with Gasteiger partial charge in [0.25, 0.3) is 0 Å². The summed E-state index contributed by atoms with van der Waals surface area (Å²) in [6, 6.07) is 10.7. The lowest BCUT2D eigenvalue weighted by Crippen LogP contribution is -2.01. The summed E-state index contributed by atoms with van der Waals surface area (Å²) in [4.78, 5) is 0. The van der Waals surface area contributed by atoms with Crippen molar-refractivity contribution in [2.45, 2.75) is 0 Å². The monoisotopic (exact) mass is 214 g/mol. The van der Waals surface area contributed by atoms with Crippen molar-refractivity contribution in [3.8, 4) is 17.5 Å². The number of methoxy groups -OCH3 is 1. The van der Waals surface area contributed by atoms with E-state index in [0.717, 1.165) is 11.4 Å². The van der Waals surface area contributed by atoms with Gasteiger partial charge in [-0.2, -0.15) is 10.4 Å². The second-order valence-electron chi connectivity index (χ2n) is 3.18. The number of hydrogen-bond acceptors (Lipinski definition) is 4. The minimum Gasteiger partial charge on any atom is -0.497 e. The maximum atomic E-state index is 8.70. The molecule has 0 radical (unpaired) electrons. The van der Waals surface area contributed by atoms with Gasteiger partial charge in [-0.05, 0) is 24.3 Å². The SMILES string of the molecule is COc1ccc(-n2nc(C#N)cc2N)cc1.